The average molecular weight is 279 g/mol. The van der Waals surface area contributed by atoms with E-state index in [1.165, 1.54) is 4.90 Å². The Morgan fingerprint density at radius 1 is 1.25 bits per heavy atom. The number of urea groups is 1. The van der Waals surface area contributed by atoms with Gasteiger partial charge in [-0.1, -0.05) is 6.42 Å². The van der Waals surface area contributed by atoms with Crippen LogP contribution in [0.15, 0.2) is 0 Å². The van der Waals surface area contributed by atoms with Crippen molar-refractivity contribution in [3.8, 4) is 0 Å². The Hall–Kier alpha value is -1.43. The fraction of sp³-hybridized carbons (Fsp3) is 0.786. The molecule has 2 aliphatic heterocycles. The topological polar surface area (TPSA) is 69.7 Å². The quantitative estimate of drug-likeness (QED) is 0.718. The molecule has 3 fully saturated rings. The standard InChI is InChI=1S/C14H21N3O3/c1-9-8-10(4-7-16(9)2)17-12(19)14(5-3-6-14)11(18)15-13(17)20/h9-10H,3-8H2,1-2H3,(H,15,18,20). The highest BCUT2D eigenvalue weighted by atomic mass is 16.2. The van der Waals surface area contributed by atoms with Gasteiger partial charge in [0.15, 0.2) is 0 Å². The number of imide groups is 2. The molecule has 2 saturated heterocycles. The van der Waals surface area contributed by atoms with Gasteiger partial charge in [0.25, 0.3) is 0 Å². The number of nitrogens with one attached hydrogen (secondary N) is 1. The molecule has 4 amide bonds. The third kappa shape index (κ3) is 1.78. The number of nitrogens with zero attached hydrogens (tertiary/aromatic N) is 2. The van der Waals surface area contributed by atoms with E-state index < -0.39 is 17.4 Å². The molecule has 6 heteroatoms. The van der Waals surface area contributed by atoms with Crippen molar-refractivity contribution in [1.82, 2.24) is 15.1 Å². The molecule has 20 heavy (non-hydrogen) atoms. The number of barbiturate groups is 1. The predicted octanol–water partition coefficient (Wildman–Crippen LogP) is 0.718. The Balaban J connectivity index is 1.83. The molecule has 3 rings (SSSR count). The molecule has 1 aliphatic carbocycles. The van der Waals surface area contributed by atoms with Crippen molar-refractivity contribution >= 4 is 17.8 Å². The number of piperidine rings is 1. The summed E-state index contributed by atoms with van der Waals surface area (Å²) in [6, 6.07) is -0.275. The van der Waals surface area contributed by atoms with Gasteiger partial charge in [0.1, 0.15) is 5.41 Å². The molecule has 0 aromatic rings. The van der Waals surface area contributed by atoms with Crippen LogP contribution in [0.25, 0.3) is 0 Å². The van der Waals surface area contributed by atoms with Crippen LogP contribution in [0.4, 0.5) is 4.79 Å². The summed E-state index contributed by atoms with van der Waals surface area (Å²) in [7, 11) is 2.05. The van der Waals surface area contributed by atoms with Gasteiger partial charge in [-0.25, -0.2) is 4.79 Å². The summed E-state index contributed by atoms with van der Waals surface area (Å²) < 4.78 is 0. The van der Waals surface area contributed by atoms with E-state index in [-0.39, 0.29) is 11.9 Å². The van der Waals surface area contributed by atoms with Gasteiger partial charge in [0, 0.05) is 18.6 Å². The Morgan fingerprint density at radius 2 is 1.95 bits per heavy atom. The first-order chi connectivity index (χ1) is 9.45. The Kier molecular flexibility index (Phi) is 3.08. The summed E-state index contributed by atoms with van der Waals surface area (Å²) in [5, 5.41) is 2.39. The van der Waals surface area contributed by atoms with Gasteiger partial charge in [0.2, 0.25) is 11.8 Å². The summed E-state index contributed by atoms with van der Waals surface area (Å²) in [6.45, 7) is 2.96. The average Bonchev–Trinajstić information content (AvgIpc) is 2.31. The predicted molar refractivity (Wildman–Crippen MR) is 71.8 cm³/mol. The number of likely N-dealkylation sites (tertiary alicyclic amines) is 1. The normalized spacial score (nSPS) is 34.1. The van der Waals surface area contributed by atoms with Crippen molar-refractivity contribution in [3.63, 3.8) is 0 Å². The van der Waals surface area contributed by atoms with Crippen LogP contribution in [-0.4, -0.2) is 53.3 Å². The summed E-state index contributed by atoms with van der Waals surface area (Å²) >= 11 is 0. The lowest BCUT2D eigenvalue weighted by Gasteiger charge is -2.48. The number of amides is 4. The SMILES string of the molecule is CC1CC(N2C(=O)NC(=O)C3(CCC3)C2=O)CCN1C. The lowest BCUT2D eigenvalue weighted by Crippen LogP contribution is -2.69. The second-order valence-electron chi connectivity index (χ2n) is 6.38. The highest BCUT2D eigenvalue weighted by Crippen LogP contribution is 2.45. The fourth-order valence-corrected chi connectivity index (χ4v) is 3.50. The molecule has 2 unspecified atom stereocenters. The second-order valence-corrected chi connectivity index (χ2v) is 6.38. The van der Waals surface area contributed by atoms with E-state index in [1.54, 1.807) is 0 Å². The van der Waals surface area contributed by atoms with Crippen molar-refractivity contribution in [2.75, 3.05) is 13.6 Å². The Morgan fingerprint density at radius 3 is 2.50 bits per heavy atom. The maximum absolute atomic E-state index is 12.7. The molecule has 110 valence electrons. The number of carbonyl (C=O) groups is 3. The monoisotopic (exact) mass is 279 g/mol. The molecule has 0 bridgehead atoms. The molecule has 1 saturated carbocycles. The van der Waals surface area contributed by atoms with Crippen LogP contribution in [0.3, 0.4) is 0 Å². The minimum absolute atomic E-state index is 0.0840. The van der Waals surface area contributed by atoms with E-state index >= 15 is 0 Å². The van der Waals surface area contributed by atoms with E-state index in [0.29, 0.717) is 18.9 Å². The first-order valence-electron chi connectivity index (χ1n) is 7.35. The maximum atomic E-state index is 12.7. The van der Waals surface area contributed by atoms with E-state index in [1.807, 2.05) is 0 Å². The first kappa shape index (κ1) is 13.5. The molecule has 3 aliphatic rings. The molecule has 6 nitrogen and oxygen atoms in total. The third-order valence-corrected chi connectivity index (χ3v) is 5.26. The Bertz CT molecular complexity index is 472. The molecule has 2 atom stereocenters. The van der Waals surface area contributed by atoms with Crippen molar-refractivity contribution in [2.45, 2.75) is 51.1 Å². The summed E-state index contributed by atoms with van der Waals surface area (Å²) in [5.41, 5.74) is -0.944. The van der Waals surface area contributed by atoms with Gasteiger partial charge >= 0.3 is 6.03 Å². The number of hydrogen-bond acceptors (Lipinski definition) is 4. The number of rotatable bonds is 1. The summed E-state index contributed by atoms with van der Waals surface area (Å²) in [5.74, 6) is -0.657. The van der Waals surface area contributed by atoms with Gasteiger partial charge in [-0.3, -0.25) is 19.8 Å². The van der Waals surface area contributed by atoms with Gasteiger partial charge in [-0.05, 0) is 39.7 Å². The van der Waals surface area contributed by atoms with Crippen molar-refractivity contribution < 1.29 is 14.4 Å². The maximum Gasteiger partial charge on any atom is 0.331 e. The molecule has 0 aromatic carbocycles. The van der Waals surface area contributed by atoms with E-state index in [2.05, 4.69) is 24.2 Å². The summed E-state index contributed by atoms with van der Waals surface area (Å²) in [6.07, 6.45) is 3.59. The molecule has 0 aromatic heterocycles. The number of carbonyl (C=O) groups excluding carboxylic acids is 3. The molecule has 0 radical (unpaired) electrons. The smallest absolute Gasteiger partial charge is 0.304 e. The largest absolute Gasteiger partial charge is 0.331 e. The molecule has 1 spiro atoms. The highest BCUT2D eigenvalue weighted by molar-refractivity contribution is 6.19. The zero-order chi connectivity index (χ0) is 14.5. The minimum atomic E-state index is -0.944. The molecule has 1 N–H and O–H groups in total. The van der Waals surface area contributed by atoms with Crippen LogP contribution < -0.4 is 5.32 Å². The lowest BCUT2D eigenvalue weighted by molar-refractivity contribution is -0.160. The van der Waals surface area contributed by atoms with Crippen molar-refractivity contribution in [2.24, 2.45) is 5.41 Å². The molecular weight excluding hydrogens is 258 g/mol. The van der Waals surface area contributed by atoms with Crippen LogP contribution in [0, 0.1) is 5.41 Å². The summed E-state index contributed by atoms with van der Waals surface area (Å²) in [4.78, 5) is 40.3. The van der Waals surface area contributed by atoms with Crippen LogP contribution in [0.2, 0.25) is 0 Å². The molecule has 2 heterocycles. The highest BCUT2D eigenvalue weighted by Gasteiger charge is 2.58. The lowest BCUT2D eigenvalue weighted by atomic mass is 9.66. The molecular formula is C14H21N3O3. The zero-order valence-corrected chi connectivity index (χ0v) is 12.0. The van der Waals surface area contributed by atoms with Crippen LogP contribution >= 0.6 is 0 Å². The van der Waals surface area contributed by atoms with Crippen LogP contribution in [-0.2, 0) is 9.59 Å². The third-order valence-electron chi connectivity index (χ3n) is 5.26. The number of hydrogen-bond donors (Lipinski definition) is 1. The minimum Gasteiger partial charge on any atom is -0.304 e. The second kappa shape index (κ2) is 4.55. The van der Waals surface area contributed by atoms with Crippen LogP contribution in [0.5, 0.6) is 0 Å². The first-order valence-corrected chi connectivity index (χ1v) is 7.35. The van der Waals surface area contributed by atoms with E-state index in [9.17, 15) is 14.4 Å². The van der Waals surface area contributed by atoms with E-state index in [4.69, 9.17) is 0 Å². The van der Waals surface area contributed by atoms with Gasteiger partial charge in [-0.2, -0.15) is 0 Å². The van der Waals surface area contributed by atoms with Gasteiger partial charge < -0.3 is 4.90 Å². The van der Waals surface area contributed by atoms with Crippen molar-refractivity contribution in [1.29, 1.82) is 0 Å². The van der Waals surface area contributed by atoms with Crippen LogP contribution in [0.1, 0.15) is 39.0 Å². The van der Waals surface area contributed by atoms with E-state index in [0.717, 1.165) is 25.8 Å². The zero-order valence-electron chi connectivity index (χ0n) is 12.0. The fourth-order valence-electron chi connectivity index (χ4n) is 3.50. The van der Waals surface area contributed by atoms with Crippen molar-refractivity contribution in [3.05, 3.63) is 0 Å². The van der Waals surface area contributed by atoms with Gasteiger partial charge in [0.05, 0.1) is 0 Å². The van der Waals surface area contributed by atoms with Gasteiger partial charge in [-0.15, -0.1) is 0 Å². The Labute approximate surface area is 118 Å².